The van der Waals surface area contributed by atoms with Crippen molar-refractivity contribution in [3.63, 3.8) is 0 Å². The molecule has 2 atom stereocenters. The van der Waals surface area contributed by atoms with Crippen molar-refractivity contribution in [1.82, 2.24) is 24.5 Å². The second-order valence-corrected chi connectivity index (χ2v) is 8.95. The molecule has 4 aromatic rings. The summed E-state index contributed by atoms with van der Waals surface area (Å²) >= 11 is 6.46. The van der Waals surface area contributed by atoms with E-state index >= 15 is 4.39 Å². The van der Waals surface area contributed by atoms with Crippen LogP contribution in [0, 0.1) is 5.82 Å². The summed E-state index contributed by atoms with van der Waals surface area (Å²) in [6.07, 6.45) is 5.12. The minimum atomic E-state index is -1.20. The van der Waals surface area contributed by atoms with E-state index in [0.29, 0.717) is 50.9 Å². The van der Waals surface area contributed by atoms with Crippen LogP contribution in [0.2, 0.25) is 5.15 Å². The minimum absolute atomic E-state index is 0.252. The zero-order valence-corrected chi connectivity index (χ0v) is 19.0. The van der Waals surface area contributed by atoms with Crippen LogP contribution in [0.25, 0.3) is 22.2 Å². The summed E-state index contributed by atoms with van der Waals surface area (Å²) < 4.78 is 22.6. The predicted octanol–water partition coefficient (Wildman–Crippen LogP) is 3.91. The van der Waals surface area contributed by atoms with E-state index in [9.17, 15) is 5.11 Å². The fourth-order valence-corrected chi connectivity index (χ4v) is 4.61. The molecule has 1 aliphatic rings. The molecule has 10 heteroatoms. The maximum atomic E-state index is 15.1. The molecule has 1 unspecified atom stereocenters. The molecule has 0 aliphatic carbocycles. The molecule has 33 heavy (non-hydrogen) atoms. The lowest BCUT2D eigenvalue weighted by Gasteiger charge is -2.19. The molecule has 0 bridgehead atoms. The molecule has 0 spiro atoms. The van der Waals surface area contributed by atoms with Crippen LogP contribution < -0.4 is 10.5 Å². The first-order chi connectivity index (χ1) is 15.7. The molecular formula is C23H22ClFN6O2. The van der Waals surface area contributed by atoms with Gasteiger partial charge in [0, 0.05) is 35.8 Å². The summed E-state index contributed by atoms with van der Waals surface area (Å²) in [5, 5.41) is 10.4. The van der Waals surface area contributed by atoms with Crippen LogP contribution in [0.3, 0.4) is 0 Å². The average Bonchev–Trinajstić information content (AvgIpc) is 3.29. The highest BCUT2D eigenvalue weighted by molar-refractivity contribution is 6.30. The first-order valence-corrected chi connectivity index (χ1v) is 10.8. The molecular weight excluding hydrogens is 447 g/mol. The summed E-state index contributed by atoms with van der Waals surface area (Å²) in [4.78, 5) is 17.2. The SMILES string of the molecule is COc1ccnc(Cl)c1C1C[C@@H](N)c2nc3cc(F)c(-c4cnc(C(C)(C)O)nc4)cc3n21. The average molecular weight is 469 g/mol. The highest BCUT2D eigenvalue weighted by Gasteiger charge is 2.36. The minimum Gasteiger partial charge on any atom is -0.496 e. The molecule has 1 aromatic carbocycles. The Morgan fingerprint density at radius 2 is 1.97 bits per heavy atom. The highest BCUT2D eigenvalue weighted by Crippen LogP contribution is 2.45. The van der Waals surface area contributed by atoms with E-state index in [1.165, 1.54) is 18.5 Å². The standard InChI is InChI=1S/C23H22ClFN6O2/c1-23(2,32)22-28-9-11(10-29-22)12-6-16-15(7-13(12)25)30-21-14(26)8-17(31(16)21)19-18(33-3)4-5-27-20(19)24/h4-7,9-10,14,17,32H,8,26H2,1-3H3/t14-,17?/m1/s1. The van der Waals surface area contributed by atoms with Crippen LogP contribution in [0.4, 0.5) is 4.39 Å². The van der Waals surface area contributed by atoms with Crippen molar-refractivity contribution in [3.8, 4) is 16.9 Å². The molecule has 1 aliphatic heterocycles. The van der Waals surface area contributed by atoms with Gasteiger partial charge in [0.2, 0.25) is 0 Å². The van der Waals surface area contributed by atoms with Crippen LogP contribution in [0.1, 0.15) is 49.6 Å². The third-order valence-electron chi connectivity index (χ3n) is 5.89. The number of methoxy groups -OCH3 is 1. The van der Waals surface area contributed by atoms with E-state index in [1.807, 2.05) is 4.57 Å². The van der Waals surface area contributed by atoms with Gasteiger partial charge in [-0.3, -0.25) is 0 Å². The number of halogens is 2. The number of rotatable bonds is 4. The van der Waals surface area contributed by atoms with Crippen molar-refractivity contribution in [1.29, 1.82) is 0 Å². The van der Waals surface area contributed by atoms with Crippen LogP contribution in [-0.2, 0) is 5.60 Å². The van der Waals surface area contributed by atoms with Crippen molar-refractivity contribution in [2.24, 2.45) is 5.73 Å². The number of nitrogens with zero attached hydrogens (tertiary/aromatic N) is 5. The smallest absolute Gasteiger partial charge is 0.159 e. The second-order valence-electron chi connectivity index (χ2n) is 8.59. The number of nitrogens with two attached hydrogens (primary N) is 1. The van der Waals surface area contributed by atoms with E-state index in [1.54, 1.807) is 39.3 Å². The van der Waals surface area contributed by atoms with Crippen LogP contribution in [0.15, 0.2) is 36.8 Å². The van der Waals surface area contributed by atoms with E-state index in [4.69, 9.17) is 22.1 Å². The number of hydrogen-bond acceptors (Lipinski definition) is 7. The van der Waals surface area contributed by atoms with Crippen molar-refractivity contribution >= 4 is 22.6 Å². The molecule has 0 radical (unpaired) electrons. The molecule has 0 amide bonds. The lowest BCUT2D eigenvalue weighted by molar-refractivity contribution is 0.0687. The van der Waals surface area contributed by atoms with Gasteiger partial charge in [-0.1, -0.05) is 11.6 Å². The molecule has 4 heterocycles. The lowest BCUT2D eigenvalue weighted by atomic mass is 10.0. The molecule has 8 nitrogen and oxygen atoms in total. The first kappa shape index (κ1) is 21.7. The fourth-order valence-electron chi connectivity index (χ4n) is 4.34. The van der Waals surface area contributed by atoms with Gasteiger partial charge in [-0.15, -0.1) is 0 Å². The molecule has 3 N–H and O–H groups in total. The Balaban J connectivity index is 1.68. The van der Waals surface area contributed by atoms with Crippen molar-refractivity contribution in [2.45, 2.75) is 38.0 Å². The van der Waals surface area contributed by atoms with Crippen molar-refractivity contribution in [3.05, 3.63) is 65.0 Å². The van der Waals surface area contributed by atoms with Gasteiger partial charge < -0.3 is 20.1 Å². The normalized spacial score (nSPS) is 18.0. The highest BCUT2D eigenvalue weighted by atomic mass is 35.5. The number of fused-ring (bicyclic) bond motifs is 3. The van der Waals surface area contributed by atoms with E-state index in [2.05, 4.69) is 19.9 Å². The zero-order valence-electron chi connectivity index (χ0n) is 18.3. The van der Waals surface area contributed by atoms with E-state index < -0.39 is 11.4 Å². The number of imidazole rings is 1. The molecule has 0 saturated heterocycles. The third-order valence-corrected chi connectivity index (χ3v) is 6.19. The fraction of sp³-hybridized carbons (Fsp3) is 0.304. The number of benzene rings is 1. The maximum absolute atomic E-state index is 15.1. The molecule has 0 fully saturated rings. The Morgan fingerprint density at radius 3 is 2.64 bits per heavy atom. The topological polar surface area (TPSA) is 112 Å². The monoisotopic (exact) mass is 468 g/mol. The van der Waals surface area contributed by atoms with Crippen LogP contribution in [-0.4, -0.2) is 36.7 Å². The number of ether oxygens (including phenoxy) is 1. The number of hydrogen-bond donors (Lipinski definition) is 2. The summed E-state index contributed by atoms with van der Waals surface area (Å²) in [6.45, 7) is 3.18. The van der Waals surface area contributed by atoms with Crippen molar-refractivity contribution in [2.75, 3.05) is 7.11 Å². The van der Waals surface area contributed by atoms with Gasteiger partial charge in [0.25, 0.3) is 0 Å². The largest absolute Gasteiger partial charge is 0.496 e. The Hall–Kier alpha value is -3.14. The van der Waals surface area contributed by atoms with Gasteiger partial charge in [0.05, 0.1) is 35.8 Å². The molecule has 3 aromatic heterocycles. The van der Waals surface area contributed by atoms with Crippen LogP contribution in [0.5, 0.6) is 5.75 Å². The molecule has 170 valence electrons. The van der Waals surface area contributed by atoms with Gasteiger partial charge in [-0.2, -0.15) is 0 Å². The van der Waals surface area contributed by atoms with Gasteiger partial charge in [-0.05, 0) is 32.4 Å². The quantitative estimate of drug-likeness (QED) is 0.436. The second kappa shape index (κ2) is 7.72. The number of aliphatic hydroxyl groups is 1. The zero-order chi connectivity index (χ0) is 23.5. The van der Waals surface area contributed by atoms with Gasteiger partial charge in [-0.25, -0.2) is 24.3 Å². The van der Waals surface area contributed by atoms with E-state index in [-0.39, 0.29) is 17.9 Å². The number of pyridine rings is 1. The van der Waals surface area contributed by atoms with E-state index in [0.717, 1.165) is 0 Å². The lowest BCUT2D eigenvalue weighted by Crippen LogP contribution is -2.19. The summed E-state index contributed by atoms with van der Waals surface area (Å²) in [7, 11) is 1.57. The predicted molar refractivity (Wildman–Crippen MR) is 121 cm³/mol. The Labute approximate surface area is 194 Å². The third kappa shape index (κ3) is 3.52. The van der Waals surface area contributed by atoms with Gasteiger partial charge in [0.15, 0.2) is 5.82 Å². The number of aromatic nitrogens is 5. The Bertz CT molecular complexity index is 1370. The molecule has 0 saturated carbocycles. The first-order valence-electron chi connectivity index (χ1n) is 10.4. The maximum Gasteiger partial charge on any atom is 0.159 e. The van der Waals surface area contributed by atoms with Gasteiger partial charge in [0.1, 0.15) is 28.1 Å². The summed E-state index contributed by atoms with van der Waals surface area (Å²) in [5.74, 6) is 1.03. The summed E-state index contributed by atoms with van der Waals surface area (Å²) in [5.41, 5.74) is 7.89. The van der Waals surface area contributed by atoms with Crippen molar-refractivity contribution < 1.29 is 14.2 Å². The molecule has 5 rings (SSSR count). The Morgan fingerprint density at radius 1 is 1.24 bits per heavy atom. The summed E-state index contributed by atoms with van der Waals surface area (Å²) in [6, 6.07) is 4.21. The Kier molecular flexibility index (Phi) is 5.08. The van der Waals surface area contributed by atoms with Crippen LogP contribution >= 0.6 is 11.6 Å². The van der Waals surface area contributed by atoms with Gasteiger partial charge >= 0.3 is 0 Å².